The van der Waals surface area contributed by atoms with Gasteiger partial charge in [-0.05, 0) is 18.2 Å². The Bertz CT molecular complexity index is 414. The van der Waals surface area contributed by atoms with Gasteiger partial charge in [-0.25, -0.2) is 0 Å². The fourth-order valence-corrected chi connectivity index (χ4v) is 1.55. The Balaban J connectivity index is 2.67. The van der Waals surface area contributed by atoms with Gasteiger partial charge in [0.15, 0.2) is 5.12 Å². The topological polar surface area (TPSA) is 43.1 Å². The summed E-state index contributed by atoms with van der Waals surface area (Å²) in [4.78, 5) is 10.6. The molecule has 1 aromatic carbocycles. The monoisotopic (exact) mass is 239 g/mol. The molecule has 78 valence electrons. The van der Waals surface area contributed by atoms with Gasteiger partial charge < -0.3 is 5.73 Å². The maximum atomic E-state index is 10.6. The largest absolute Gasteiger partial charge is 0.399 e. The summed E-state index contributed by atoms with van der Waals surface area (Å²) in [7, 11) is 0. The second kappa shape index (κ2) is 5.69. The molecule has 2 nitrogen and oxygen atoms in total. The fraction of sp³-hybridized carbons (Fsp3) is 0.182. The van der Waals surface area contributed by atoms with Crippen molar-refractivity contribution in [1.82, 2.24) is 0 Å². The average Bonchev–Trinajstić information content (AvgIpc) is 2.10. The molecule has 0 spiro atoms. The van der Waals surface area contributed by atoms with E-state index in [2.05, 4.69) is 11.8 Å². The molecule has 4 heteroatoms. The lowest BCUT2D eigenvalue weighted by Crippen LogP contribution is -1.86. The van der Waals surface area contributed by atoms with Gasteiger partial charge in [-0.2, -0.15) is 0 Å². The van der Waals surface area contributed by atoms with E-state index >= 15 is 0 Å². The first kappa shape index (κ1) is 12.0. The van der Waals surface area contributed by atoms with Gasteiger partial charge in [0.2, 0.25) is 0 Å². The standard InChI is InChI=1S/C11H10ClNOS/c1-8(14)15-4-2-3-9-5-10(12)7-11(13)6-9/h5-7H,4,13H2,1H3. The van der Waals surface area contributed by atoms with Crippen molar-refractivity contribution in [2.45, 2.75) is 6.92 Å². The van der Waals surface area contributed by atoms with Crippen molar-refractivity contribution in [3.05, 3.63) is 28.8 Å². The van der Waals surface area contributed by atoms with Gasteiger partial charge in [0, 0.05) is 23.2 Å². The molecule has 1 rings (SSSR count). The highest BCUT2D eigenvalue weighted by atomic mass is 35.5. The van der Waals surface area contributed by atoms with Crippen LogP contribution in [0.4, 0.5) is 5.69 Å². The van der Waals surface area contributed by atoms with Crippen LogP contribution in [0.2, 0.25) is 5.02 Å². The number of halogens is 1. The summed E-state index contributed by atoms with van der Waals surface area (Å²) >= 11 is 6.99. The Morgan fingerprint density at radius 1 is 1.53 bits per heavy atom. The number of carbonyl (C=O) groups is 1. The summed E-state index contributed by atoms with van der Waals surface area (Å²) in [5, 5.41) is 0.633. The van der Waals surface area contributed by atoms with Gasteiger partial charge in [-0.1, -0.05) is 35.2 Å². The molecule has 0 aliphatic heterocycles. The lowest BCUT2D eigenvalue weighted by Gasteiger charge is -1.95. The molecule has 0 fully saturated rings. The van der Waals surface area contributed by atoms with Crippen LogP contribution < -0.4 is 5.73 Å². The fourth-order valence-electron chi connectivity index (χ4n) is 0.960. The van der Waals surface area contributed by atoms with E-state index in [1.54, 1.807) is 18.2 Å². The molecule has 0 atom stereocenters. The van der Waals surface area contributed by atoms with Crippen LogP contribution in [0.25, 0.3) is 0 Å². The number of anilines is 1. The lowest BCUT2D eigenvalue weighted by atomic mass is 10.2. The van der Waals surface area contributed by atoms with E-state index in [-0.39, 0.29) is 5.12 Å². The normalized spacial score (nSPS) is 9.20. The number of nitrogens with two attached hydrogens (primary N) is 1. The lowest BCUT2D eigenvalue weighted by molar-refractivity contribution is -0.109. The van der Waals surface area contributed by atoms with E-state index in [4.69, 9.17) is 17.3 Å². The van der Waals surface area contributed by atoms with Crippen molar-refractivity contribution in [3.8, 4) is 11.8 Å². The highest BCUT2D eigenvalue weighted by molar-refractivity contribution is 8.13. The Labute approximate surface area is 98.2 Å². The molecule has 0 saturated heterocycles. The molecule has 0 bridgehead atoms. The van der Waals surface area contributed by atoms with E-state index in [0.29, 0.717) is 16.5 Å². The van der Waals surface area contributed by atoms with Crippen LogP contribution in [-0.4, -0.2) is 10.9 Å². The SMILES string of the molecule is CC(=O)SCC#Cc1cc(N)cc(Cl)c1. The van der Waals surface area contributed by atoms with Gasteiger partial charge in [0.1, 0.15) is 0 Å². The molecule has 0 unspecified atom stereocenters. The van der Waals surface area contributed by atoms with E-state index < -0.39 is 0 Å². The molecular formula is C11H10ClNOS. The summed E-state index contributed by atoms with van der Waals surface area (Å²) in [5.41, 5.74) is 6.96. The molecule has 0 saturated carbocycles. The Morgan fingerprint density at radius 2 is 2.27 bits per heavy atom. The molecule has 15 heavy (non-hydrogen) atoms. The number of benzene rings is 1. The maximum Gasteiger partial charge on any atom is 0.186 e. The molecule has 0 heterocycles. The zero-order valence-electron chi connectivity index (χ0n) is 8.21. The highest BCUT2D eigenvalue weighted by Crippen LogP contribution is 2.15. The van der Waals surface area contributed by atoms with E-state index in [9.17, 15) is 4.79 Å². The number of rotatable bonds is 1. The number of carbonyl (C=O) groups excluding carboxylic acids is 1. The third kappa shape index (κ3) is 4.78. The Hall–Kier alpha value is -1.11. The number of nitrogen functional groups attached to an aromatic ring is 1. The number of thioether (sulfide) groups is 1. The third-order valence-electron chi connectivity index (χ3n) is 1.50. The van der Waals surface area contributed by atoms with Gasteiger partial charge in [0.05, 0.1) is 5.75 Å². The Kier molecular flexibility index (Phi) is 4.54. The molecule has 0 radical (unpaired) electrons. The predicted octanol–water partition coefficient (Wildman–Crippen LogP) is 2.55. The first-order valence-electron chi connectivity index (χ1n) is 4.26. The van der Waals surface area contributed by atoms with Crippen molar-refractivity contribution in [2.75, 3.05) is 11.5 Å². The summed E-state index contributed by atoms with van der Waals surface area (Å²) in [6.07, 6.45) is 0. The van der Waals surface area contributed by atoms with Gasteiger partial charge in [0.25, 0.3) is 0 Å². The molecule has 0 amide bonds. The van der Waals surface area contributed by atoms with Crippen LogP contribution in [0.3, 0.4) is 0 Å². The predicted molar refractivity (Wildman–Crippen MR) is 65.9 cm³/mol. The summed E-state index contributed by atoms with van der Waals surface area (Å²) < 4.78 is 0. The number of hydrogen-bond acceptors (Lipinski definition) is 3. The zero-order chi connectivity index (χ0) is 11.3. The van der Waals surface area contributed by atoms with Crippen molar-refractivity contribution in [1.29, 1.82) is 0 Å². The van der Waals surface area contributed by atoms with Crippen LogP contribution in [0.1, 0.15) is 12.5 Å². The minimum Gasteiger partial charge on any atom is -0.399 e. The second-order valence-corrected chi connectivity index (χ2v) is 4.44. The minimum atomic E-state index is 0.0647. The van der Waals surface area contributed by atoms with Crippen LogP contribution in [0.15, 0.2) is 18.2 Å². The third-order valence-corrected chi connectivity index (χ3v) is 2.41. The highest BCUT2D eigenvalue weighted by Gasteiger charge is 1.94. The van der Waals surface area contributed by atoms with Gasteiger partial charge in [-0.3, -0.25) is 4.79 Å². The van der Waals surface area contributed by atoms with E-state index in [0.717, 1.165) is 5.56 Å². The molecule has 0 aliphatic rings. The average molecular weight is 240 g/mol. The second-order valence-electron chi connectivity index (χ2n) is 2.86. The minimum absolute atomic E-state index is 0.0647. The summed E-state index contributed by atoms with van der Waals surface area (Å²) in [5.74, 6) is 6.25. The first-order valence-corrected chi connectivity index (χ1v) is 5.62. The van der Waals surface area contributed by atoms with Crippen molar-refractivity contribution < 1.29 is 4.79 Å². The smallest absolute Gasteiger partial charge is 0.186 e. The summed E-state index contributed by atoms with van der Waals surface area (Å²) in [6, 6.07) is 5.15. The molecule has 2 N–H and O–H groups in total. The van der Waals surface area contributed by atoms with Crippen molar-refractivity contribution >= 4 is 34.2 Å². The van der Waals surface area contributed by atoms with E-state index in [1.165, 1.54) is 18.7 Å². The number of hydrogen-bond donors (Lipinski definition) is 1. The van der Waals surface area contributed by atoms with Crippen molar-refractivity contribution in [2.24, 2.45) is 0 Å². The molecule has 1 aromatic rings. The van der Waals surface area contributed by atoms with Crippen LogP contribution >= 0.6 is 23.4 Å². The molecule has 0 aliphatic carbocycles. The van der Waals surface area contributed by atoms with Crippen molar-refractivity contribution in [3.63, 3.8) is 0 Å². The zero-order valence-corrected chi connectivity index (χ0v) is 9.78. The molecule has 0 aromatic heterocycles. The van der Waals surface area contributed by atoms with E-state index in [1.807, 2.05) is 0 Å². The molecular weight excluding hydrogens is 230 g/mol. The first-order chi connectivity index (χ1) is 7.08. The quantitative estimate of drug-likeness (QED) is 0.605. The van der Waals surface area contributed by atoms with Gasteiger partial charge >= 0.3 is 0 Å². The van der Waals surface area contributed by atoms with Gasteiger partial charge in [-0.15, -0.1) is 0 Å². The maximum absolute atomic E-state index is 10.6. The van der Waals surface area contributed by atoms with Crippen LogP contribution in [-0.2, 0) is 4.79 Å². The summed E-state index contributed by atoms with van der Waals surface area (Å²) in [6.45, 7) is 1.52. The Morgan fingerprint density at radius 3 is 2.87 bits per heavy atom. The van der Waals surface area contributed by atoms with Crippen LogP contribution in [0, 0.1) is 11.8 Å². The van der Waals surface area contributed by atoms with Crippen LogP contribution in [0.5, 0.6) is 0 Å².